The van der Waals surface area contributed by atoms with Crippen LogP contribution in [0.3, 0.4) is 0 Å². The predicted molar refractivity (Wildman–Crippen MR) is 112 cm³/mol. The van der Waals surface area contributed by atoms with Crippen LogP contribution in [0.2, 0.25) is 0 Å². The Kier molecular flexibility index (Phi) is 8.84. The molecule has 0 fully saturated rings. The second-order valence-electron chi connectivity index (χ2n) is 6.68. The maximum absolute atomic E-state index is 11.9. The first-order chi connectivity index (χ1) is 14.1. The van der Waals surface area contributed by atoms with Crippen molar-refractivity contribution in [1.29, 1.82) is 5.26 Å². The minimum Gasteiger partial charge on any atom is -0.494 e. The van der Waals surface area contributed by atoms with Crippen LogP contribution < -0.4 is 14.8 Å². The summed E-state index contributed by atoms with van der Waals surface area (Å²) < 4.78 is 11.5. The van der Waals surface area contributed by atoms with E-state index >= 15 is 0 Å². The Bertz CT molecular complexity index is 828. The van der Waals surface area contributed by atoms with Crippen LogP contribution in [-0.4, -0.2) is 24.3 Å². The maximum atomic E-state index is 11.9. The molecule has 6 nitrogen and oxygen atoms in total. The van der Waals surface area contributed by atoms with E-state index < -0.39 is 12.0 Å². The number of hydrogen-bond donors (Lipinski definition) is 2. The lowest BCUT2D eigenvalue weighted by atomic mass is 10.1. The normalized spacial score (nSPS) is 11.3. The summed E-state index contributed by atoms with van der Waals surface area (Å²) in [6, 6.07) is 13.0. The Hall–Kier alpha value is -3.20. The molecule has 0 unspecified atom stereocenters. The van der Waals surface area contributed by atoms with Gasteiger partial charge in [0.15, 0.2) is 6.04 Å². The molecule has 0 aromatic heterocycles. The van der Waals surface area contributed by atoms with Gasteiger partial charge in [0.05, 0.1) is 24.8 Å². The van der Waals surface area contributed by atoms with E-state index in [0.717, 1.165) is 19.3 Å². The van der Waals surface area contributed by atoms with E-state index in [0.29, 0.717) is 41.5 Å². The summed E-state index contributed by atoms with van der Waals surface area (Å²) in [5.74, 6) is 0.147. The van der Waals surface area contributed by atoms with Crippen LogP contribution in [0, 0.1) is 11.3 Å². The molecule has 0 aliphatic heterocycles. The van der Waals surface area contributed by atoms with Gasteiger partial charge in [0.2, 0.25) is 0 Å². The highest BCUT2D eigenvalue weighted by molar-refractivity contribution is 5.79. The molecule has 0 aliphatic carbocycles. The Morgan fingerprint density at radius 2 is 1.76 bits per heavy atom. The molecule has 6 heteroatoms. The highest BCUT2D eigenvalue weighted by Gasteiger charge is 2.21. The van der Waals surface area contributed by atoms with Crippen LogP contribution in [0.15, 0.2) is 42.5 Å². The minimum atomic E-state index is -1.02. The fraction of sp³-hybridized carbons (Fsp3) is 0.391. The van der Waals surface area contributed by atoms with Gasteiger partial charge in [-0.1, -0.05) is 26.2 Å². The van der Waals surface area contributed by atoms with E-state index in [2.05, 4.69) is 12.2 Å². The third-order valence-electron chi connectivity index (χ3n) is 4.39. The average Bonchev–Trinajstić information content (AvgIpc) is 2.72. The van der Waals surface area contributed by atoms with Gasteiger partial charge in [-0.3, -0.25) is 0 Å². The number of anilines is 1. The van der Waals surface area contributed by atoms with Crippen LogP contribution in [0.4, 0.5) is 5.69 Å². The van der Waals surface area contributed by atoms with Gasteiger partial charge in [0.1, 0.15) is 11.5 Å². The number of rotatable bonds is 12. The van der Waals surface area contributed by atoms with Crippen molar-refractivity contribution in [2.45, 2.75) is 45.6 Å². The number of hydrogen-bond acceptors (Lipinski definition) is 5. The highest BCUT2D eigenvalue weighted by Crippen LogP contribution is 2.29. The molecular weight excluding hydrogens is 368 g/mol. The van der Waals surface area contributed by atoms with Gasteiger partial charge in [-0.05, 0) is 55.3 Å². The Balaban J connectivity index is 2.21. The second-order valence-corrected chi connectivity index (χ2v) is 6.68. The molecule has 0 saturated heterocycles. The number of ether oxygens (including phenoxy) is 2. The van der Waals surface area contributed by atoms with Gasteiger partial charge in [-0.15, -0.1) is 0 Å². The van der Waals surface area contributed by atoms with Crippen molar-refractivity contribution >= 4 is 11.7 Å². The lowest BCUT2D eigenvalue weighted by Crippen LogP contribution is -2.20. The van der Waals surface area contributed by atoms with Gasteiger partial charge in [0, 0.05) is 11.8 Å². The zero-order chi connectivity index (χ0) is 21.1. The number of nitrogens with one attached hydrogen (secondary N) is 1. The third kappa shape index (κ3) is 7.04. The van der Waals surface area contributed by atoms with E-state index in [9.17, 15) is 9.90 Å². The van der Waals surface area contributed by atoms with Gasteiger partial charge in [0.25, 0.3) is 0 Å². The van der Waals surface area contributed by atoms with Crippen LogP contribution in [0.5, 0.6) is 11.5 Å². The summed E-state index contributed by atoms with van der Waals surface area (Å²) in [7, 11) is 0. The number of nitrogens with zero attached hydrogens (tertiary/aromatic N) is 1. The molecule has 1 atom stereocenters. The maximum Gasteiger partial charge on any atom is 0.330 e. The largest absolute Gasteiger partial charge is 0.494 e. The molecule has 0 aliphatic rings. The number of benzene rings is 2. The molecule has 0 spiro atoms. The molecule has 0 amide bonds. The quantitative estimate of drug-likeness (QED) is 0.482. The SMILES string of the molecule is CCCCCCOc1cc(OCC)cc([C@@H](Nc2ccc(C#N)cc2)C(=O)O)c1. The fourth-order valence-electron chi connectivity index (χ4n) is 2.91. The molecular formula is C23H28N2O4. The number of carboxylic acid groups (broad SMARTS) is 1. The average molecular weight is 396 g/mol. The fourth-order valence-corrected chi connectivity index (χ4v) is 2.91. The van der Waals surface area contributed by atoms with Crippen LogP contribution in [0.1, 0.15) is 56.7 Å². The van der Waals surface area contributed by atoms with Crippen molar-refractivity contribution in [3.05, 3.63) is 53.6 Å². The second kappa shape index (κ2) is 11.6. The first kappa shape index (κ1) is 22.1. The van der Waals surface area contributed by atoms with Gasteiger partial charge >= 0.3 is 5.97 Å². The molecule has 154 valence electrons. The molecule has 0 saturated carbocycles. The Morgan fingerprint density at radius 3 is 2.34 bits per heavy atom. The van der Waals surface area contributed by atoms with Crippen LogP contribution in [0.25, 0.3) is 0 Å². The number of carboxylic acids is 1. The van der Waals surface area contributed by atoms with Crippen molar-refractivity contribution in [1.82, 2.24) is 0 Å². The van der Waals surface area contributed by atoms with Crippen molar-refractivity contribution < 1.29 is 19.4 Å². The Morgan fingerprint density at radius 1 is 1.07 bits per heavy atom. The number of aliphatic carboxylic acids is 1. The van der Waals surface area contributed by atoms with E-state index in [1.54, 1.807) is 42.5 Å². The molecule has 2 aromatic carbocycles. The smallest absolute Gasteiger partial charge is 0.330 e. The standard InChI is InChI=1S/C23H28N2O4/c1-3-5-6-7-12-29-21-14-18(13-20(15-21)28-4-2)22(23(26)27)25-19-10-8-17(16-24)9-11-19/h8-11,13-15,22,25H,3-7,12H2,1-2H3,(H,26,27)/t22-/m1/s1. The Labute approximate surface area is 172 Å². The molecule has 2 N–H and O–H groups in total. The van der Waals surface area contributed by atoms with E-state index in [-0.39, 0.29) is 0 Å². The summed E-state index contributed by atoms with van der Waals surface area (Å²) in [6.07, 6.45) is 4.38. The number of carbonyl (C=O) groups is 1. The van der Waals surface area contributed by atoms with E-state index in [4.69, 9.17) is 14.7 Å². The predicted octanol–water partition coefficient (Wildman–Crippen LogP) is 5.15. The highest BCUT2D eigenvalue weighted by atomic mass is 16.5. The molecule has 2 rings (SSSR count). The van der Waals surface area contributed by atoms with Gasteiger partial charge in [-0.25, -0.2) is 4.79 Å². The zero-order valence-corrected chi connectivity index (χ0v) is 17.0. The van der Waals surface area contributed by atoms with E-state index in [1.165, 1.54) is 6.42 Å². The first-order valence-electron chi connectivity index (χ1n) is 9.97. The minimum absolute atomic E-state index is 0.472. The van der Waals surface area contributed by atoms with Crippen molar-refractivity contribution in [2.24, 2.45) is 0 Å². The van der Waals surface area contributed by atoms with Gasteiger partial charge < -0.3 is 19.9 Å². The van der Waals surface area contributed by atoms with Crippen molar-refractivity contribution in [3.63, 3.8) is 0 Å². The summed E-state index contributed by atoms with van der Waals surface area (Å²) >= 11 is 0. The van der Waals surface area contributed by atoms with Crippen molar-refractivity contribution in [3.8, 4) is 17.6 Å². The molecule has 29 heavy (non-hydrogen) atoms. The third-order valence-corrected chi connectivity index (χ3v) is 4.39. The summed E-state index contributed by atoms with van der Waals surface area (Å²) in [5, 5.41) is 21.7. The van der Waals surface area contributed by atoms with Gasteiger partial charge in [-0.2, -0.15) is 5.26 Å². The molecule has 0 bridgehead atoms. The lowest BCUT2D eigenvalue weighted by molar-refractivity contribution is -0.138. The van der Waals surface area contributed by atoms with E-state index in [1.807, 2.05) is 13.0 Å². The zero-order valence-electron chi connectivity index (χ0n) is 17.0. The molecule has 0 radical (unpaired) electrons. The van der Waals surface area contributed by atoms with Crippen LogP contribution in [-0.2, 0) is 4.79 Å². The lowest BCUT2D eigenvalue weighted by Gasteiger charge is -2.19. The molecule has 0 heterocycles. The first-order valence-corrected chi connectivity index (χ1v) is 9.97. The molecule has 2 aromatic rings. The topological polar surface area (TPSA) is 91.6 Å². The van der Waals surface area contributed by atoms with Crippen molar-refractivity contribution in [2.75, 3.05) is 18.5 Å². The number of unbranched alkanes of at least 4 members (excludes halogenated alkanes) is 3. The number of nitriles is 1. The summed E-state index contributed by atoms with van der Waals surface area (Å²) in [4.78, 5) is 11.9. The van der Waals surface area contributed by atoms with Crippen LogP contribution >= 0.6 is 0 Å². The monoisotopic (exact) mass is 396 g/mol. The summed E-state index contributed by atoms with van der Waals surface area (Å²) in [5.41, 5.74) is 1.66. The summed E-state index contributed by atoms with van der Waals surface area (Å²) in [6.45, 7) is 5.09.